The van der Waals surface area contributed by atoms with E-state index in [1.165, 1.54) is 0 Å². The monoisotopic (exact) mass is 288 g/mol. The molecule has 4 heteroatoms. The zero-order chi connectivity index (χ0) is 15.5. The van der Waals surface area contributed by atoms with Crippen molar-refractivity contribution >= 4 is 0 Å². The van der Waals surface area contributed by atoms with Crippen molar-refractivity contribution in [1.82, 2.24) is 5.32 Å². The summed E-state index contributed by atoms with van der Waals surface area (Å²) in [6.07, 6.45) is 2.59. The summed E-state index contributed by atoms with van der Waals surface area (Å²) in [6.45, 7) is 7.94. The number of nitrogens with one attached hydrogen (secondary N) is 1. The van der Waals surface area contributed by atoms with Gasteiger partial charge in [-0.25, -0.2) is 0 Å². The second kappa shape index (κ2) is 9.84. The highest BCUT2D eigenvalue weighted by Gasteiger charge is 2.06. The van der Waals surface area contributed by atoms with Gasteiger partial charge in [0.1, 0.15) is 6.61 Å². The van der Waals surface area contributed by atoms with Gasteiger partial charge in [-0.05, 0) is 49.6 Å². The average Bonchev–Trinajstić information content (AvgIpc) is 2.48. The van der Waals surface area contributed by atoms with Crippen LogP contribution in [-0.4, -0.2) is 20.3 Å². The minimum Gasteiger partial charge on any atom is -0.493 e. The quantitative estimate of drug-likeness (QED) is 0.529. The van der Waals surface area contributed by atoms with E-state index in [2.05, 4.69) is 18.0 Å². The highest BCUT2D eigenvalue weighted by Crippen LogP contribution is 2.28. The number of unbranched alkanes of at least 4 members (excludes halogenated alkanes) is 2. The zero-order valence-electron chi connectivity index (χ0n) is 12.9. The van der Waals surface area contributed by atoms with Gasteiger partial charge in [-0.15, -0.1) is 0 Å². The van der Waals surface area contributed by atoms with Crippen LogP contribution in [0.2, 0.25) is 0 Å². The molecule has 0 saturated carbocycles. The number of benzene rings is 1. The molecule has 1 aromatic rings. The Morgan fingerprint density at radius 2 is 2.14 bits per heavy atom. The molecular weight excluding hydrogens is 264 g/mol. The lowest BCUT2D eigenvalue weighted by Crippen LogP contribution is -2.14. The standard InChI is InChI=1S/C17H24N2O2/c1-14(2)13-21-17-11-15(7-8-16(17)20-3)12-19-10-6-4-5-9-18/h7-8,11,19H,1,4-6,10,12-13H2,2-3H3. The van der Waals surface area contributed by atoms with Crippen molar-refractivity contribution < 1.29 is 9.47 Å². The lowest BCUT2D eigenvalue weighted by Gasteiger charge is -2.12. The molecule has 114 valence electrons. The first-order chi connectivity index (χ1) is 10.2. The van der Waals surface area contributed by atoms with Crippen LogP contribution < -0.4 is 14.8 Å². The average molecular weight is 288 g/mol. The number of rotatable bonds is 10. The summed E-state index contributed by atoms with van der Waals surface area (Å²) < 4.78 is 11.0. The Morgan fingerprint density at radius 1 is 1.33 bits per heavy atom. The highest BCUT2D eigenvalue weighted by molar-refractivity contribution is 5.43. The molecule has 0 fully saturated rings. The fraction of sp³-hybridized carbons (Fsp3) is 0.471. The van der Waals surface area contributed by atoms with Crippen LogP contribution >= 0.6 is 0 Å². The largest absolute Gasteiger partial charge is 0.493 e. The summed E-state index contributed by atoms with van der Waals surface area (Å²) in [6, 6.07) is 8.08. The van der Waals surface area contributed by atoms with Gasteiger partial charge >= 0.3 is 0 Å². The van der Waals surface area contributed by atoms with E-state index in [0.29, 0.717) is 13.0 Å². The van der Waals surface area contributed by atoms with E-state index in [0.717, 1.165) is 48.6 Å². The van der Waals surface area contributed by atoms with Crippen molar-refractivity contribution in [3.63, 3.8) is 0 Å². The molecule has 0 saturated heterocycles. The first-order valence-corrected chi connectivity index (χ1v) is 7.19. The number of nitriles is 1. The number of hydrogen-bond donors (Lipinski definition) is 1. The van der Waals surface area contributed by atoms with Gasteiger partial charge in [0, 0.05) is 13.0 Å². The van der Waals surface area contributed by atoms with E-state index in [9.17, 15) is 0 Å². The van der Waals surface area contributed by atoms with Gasteiger partial charge in [0.05, 0.1) is 13.2 Å². The zero-order valence-corrected chi connectivity index (χ0v) is 12.9. The van der Waals surface area contributed by atoms with Gasteiger partial charge in [-0.2, -0.15) is 5.26 Å². The van der Waals surface area contributed by atoms with Crippen molar-refractivity contribution in [2.45, 2.75) is 32.7 Å². The maximum atomic E-state index is 8.47. The van der Waals surface area contributed by atoms with Crippen LogP contribution in [0.3, 0.4) is 0 Å². The van der Waals surface area contributed by atoms with Crippen molar-refractivity contribution in [1.29, 1.82) is 5.26 Å². The molecule has 0 aliphatic rings. The van der Waals surface area contributed by atoms with Crippen LogP contribution in [0.15, 0.2) is 30.4 Å². The van der Waals surface area contributed by atoms with Crippen LogP contribution in [0, 0.1) is 11.3 Å². The SMILES string of the molecule is C=C(C)COc1cc(CNCCCCC#N)ccc1OC. The Hall–Kier alpha value is -1.99. The van der Waals surface area contributed by atoms with Crippen LogP contribution in [0.25, 0.3) is 0 Å². The highest BCUT2D eigenvalue weighted by atomic mass is 16.5. The van der Waals surface area contributed by atoms with Gasteiger partial charge in [-0.3, -0.25) is 0 Å². The molecular formula is C17H24N2O2. The Balaban J connectivity index is 2.49. The van der Waals surface area contributed by atoms with E-state index in [1.807, 2.05) is 25.1 Å². The topological polar surface area (TPSA) is 54.3 Å². The summed E-state index contributed by atoms with van der Waals surface area (Å²) in [4.78, 5) is 0. The Bertz CT molecular complexity index is 492. The summed E-state index contributed by atoms with van der Waals surface area (Å²) in [5.74, 6) is 1.47. The Kier molecular flexibility index (Phi) is 8.00. The van der Waals surface area contributed by atoms with Gasteiger partial charge in [0.25, 0.3) is 0 Å². The minimum atomic E-state index is 0.488. The molecule has 1 N–H and O–H groups in total. The van der Waals surface area contributed by atoms with E-state index in [-0.39, 0.29) is 0 Å². The minimum absolute atomic E-state index is 0.488. The molecule has 21 heavy (non-hydrogen) atoms. The fourth-order valence-electron chi connectivity index (χ4n) is 1.83. The molecule has 0 atom stereocenters. The molecule has 0 aliphatic heterocycles. The van der Waals surface area contributed by atoms with Gasteiger partial charge in [-0.1, -0.05) is 12.6 Å². The molecule has 0 heterocycles. The second-order valence-corrected chi connectivity index (χ2v) is 5.02. The molecule has 0 bridgehead atoms. The van der Waals surface area contributed by atoms with E-state index in [1.54, 1.807) is 7.11 Å². The third-order valence-corrected chi connectivity index (χ3v) is 2.92. The first kappa shape index (κ1) is 17.1. The third-order valence-electron chi connectivity index (χ3n) is 2.92. The van der Waals surface area contributed by atoms with Crippen LogP contribution in [-0.2, 0) is 6.54 Å². The second-order valence-electron chi connectivity index (χ2n) is 5.02. The van der Waals surface area contributed by atoms with Crippen molar-refractivity contribution in [2.24, 2.45) is 0 Å². The maximum Gasteiger partial charge on any atom is 0.161 e. The number of ether oxygens (including phenoxy) is 2. The molecule has 1 aromatic carbocycles. The number of hydrogen-bond acceptors (Lipinski definition) is 4. The molecule has 0 amide bonds. The molecule has 0 spiro atoms. The predicted molar refractivity (Wildman–Crippen MR) is 84.5 cm³/mol. The van der Waals surface area contributed by atoms with E-state index in [4.69, 9.17) is 14.7 Å². The van der Waals surface area contributed by atoms with Crippen LogP contribution in [0.5, 0.6) is 11.5 Å². The smallest absolute Gasteiger partial charge is 0.161 e. The molecule has 1 rings (SSSR count). The van der Waals surface area contributed by atoms with Gasteiger partial charge in [0.15, 0.2) is 11.5 Å². The van der Waals surface area contributed by atoms with E-state index >= 15 is 0 Å². The molecule has 0 aliphatic carbocycles. The summed E-state index contributed by atoms with van der Waals surface area (Å²) in [7, 11) is 1.63. The molecule has 4 nitrogen and oxygen atoms in total. The lowest BCUT2D eigenvalue weighted by molar-refractivity contribution is 0.319. The molecule has 0 radical (unpaired) electrons. The maximum absolute atomic E-state index is 8.47. The number of methoxy groups -OCH3 is 1. The lowest BCUT2D eigenvalue weighted by atomic mass is 10.2. The Labute approximate surface area is 127 Å². The van der Waals surface area contributed by atoms with Gasteiger partial charge < -0.3 is 14.8 Å². The number of nitrogens with zero attached hydrogens (tertiary/aromatic N) is 1. The summed E-state index contributed by atoms with van der Waals surface area (Å²) >= 11 is 0. The summed E-state index contributed by atoms with van der Waals surface area (Å²) in [5, 5.41) is 11.8. The van der Waals surface area contributed by atoms with E-state index < -0.39 is 0 Å². The molecule has 0 unspecified atom stereocenters. The predicted octanol–water partition coefficient (Wildman–Crippen LogP) is 3.43. The fourth-order valence-corrected chi connectivity index (χ4v) is 1.83. The molecule has 0 aromatic heterocycles. The third kappa shape index (κ3) is 6.82. The van der Waals surface area contributed by atoms with Crippen LogP contribution in [0.4, 0.5) is 0 Å². The van der Waals surface area contributed by atoms with Crippen molar-refractivity contribution in [3.05, 3.63) is 35.9 Å². The van der Waals surface area contributed by atoms with Crippen molar-refractivity contribution in [3.8, 4) is 17.6 Å². The summed E-state index contributed by atoms with van der Waals surface area (Å²) in [5.41, 5.74) is 2.12. The van der Waals surface area contributed by atoms with Crippen LogP contribution in [0.1, 0.15) is 31.7 Å². The van der Waals surface area contributed by atoms with Crippen molar-refractivity contribution in [2.75, 3.05) is 20.3 Å². The first-order valence-electron chi connectivity index (χ1n) is 7.19. The Morgan fingerprint density at radius 3 is 2.81 bits per heavy atom. The van der Waals surface area contributed by atoms with Gasteiger partial charge in [0.2, 0.25) is 0 Å². The normalized spacial score (nSPS) is 9.95.